The van der Waals surface area contributed by atoms with Crippen LogP contribution in [0.25, 0.3) is 0 Å². The molecule has 104 valence electrons. The summed E-state index contributed by atoms with van der Waals surface area (Å²) in [5.41, 5.74) is 0. The topological polar surface area (TPSA) is 75.7 Å². The molecular weight excluding hydrogens is 256 g/mol. The normalized spacial score (nSPS) is 29.2. The van der Waals surface area contributed by atoms with Gasteiger partial charge in [0.25, 0.3) is 0 Å². The molecule has 0 saturated carbocycles. The molecule has 1 amide bonds. The highest BCUT2D eigenvalue weighted by molar-refractivity contribution is 7.91. The lowest BCUT2D eigenvalue weighted by Crippen LogP contribution is -2.51. The summed E-state index contributed by atoms with van der Waals surface area (Å²) in [5.74, 6) is 0.402. The molecule has 2 saturated heterocycles. The summed E-state index contributed by atoms with van der Waals surface area (Å²) >= 11 is 0. The molecule has 2 unspecified atom stereocenters. The minimum absolute atomic E-state index is 0.0302. The number of morpholine rings is 1. The molecular formula is C11H20N2O4S. The van der Waals surface area contributed by atoms with Gasteiger partial charge in [-0.3, -0.25) is 4.79 Å². The summed E-state index contributed by atoms with van der Waals surface area (Å²) in [7, 11) is -2.90. The van der Waals surface area contributed by atoms with Crippen LogP contribution in [0.3, 0.4) is 0 Å². The zero-order valence-electron chi connectivity index (χ0n) is 10.6. The van der Waals surface area contributed by atoms with Gasteiger partial charge >= 0.3 is 0 Å². The van der Waals surface area contributed by atoms with E-state index in [1.807, 2.05) is 0 Å². The van der Waals surface area contributed by atoms with Crippen molar-refractivity contribution in [1.82, 2.24) is 10.2 Å². The molecule has 2 heterocycles. The number of nitrogens with one attached hydrogen (secondary N) is 1. The standard InChI is InChI=1S/C11H20N2O4S/c1-9(11(14)13-3-5-17-6-4-13)12-10-2-7-18(15,16)8-10/h9-10,12H,2-8H2,1H3. The van der Waals surface area contributed by atoms with E-state index in [0.29, 0.717) is 32.7 Å². The van der Waals surface area contributed by atoms with Gasteiger partial charge in [0.05, 0.1) is 30.8 Å². The van der Waals surface area contributed by atoms with Crippen LogP contribution in [0.4, 0.5) is 0 Å². The predicted molar refractivity (Wildman–Crippen MR) is 67.1 cm³/mol. The monoisotopic (exact) mass is 276 g/mol. The molecule has 2 rings (SSSR count). The minimum atomic E-state index is -2.90. The molecule has 0 radical (unpaired) electrons. The van der Waals surface area contributed by atoms with Crippen LogP contribution in [0.5, 0.6) is 0 Å². The van der Waals surface area contributed by atoms with Crippen molar-refractivity contribution < 1.29 is 17.9 Å². The first-order chi connectivity index (χ1) is 8.48. The van der Waals surface area contributed by atoms with Crippen LogP contribution in [-0.4, -0.2) is 69.1 Å². The van der Waals surface area contributed by atoms with Crippen LogP contribution in [-0.2, 0) is 19.4 Å². The minimum Gasteiger partial charge on any atom is -0.378 e. The number of hydrogen-bond acceptors (Lipinski definition) is 5. The third-order valence-corrected chi connectivity index (χ3v) is 5.18. The first-order valence-corrected chi connectivity index (χ1v) is 8.13. The van der Waals surface area contributed by atoms with Crippen molar-refractivity contribution >= 4 is 15.7 Å². The number of hydrogen-bond donors (Lipinski definition) is 1. The summed E-state index contributed by atoms with van der Waals surface area (Å²) in [6, 6.07) is -0.420. The zero-order chi connectivity index (χ0) is 13.2. The summed E-state index contributed by atoms with van der Waals surface area (Å²) in [5, 5.41) is 3.12. The Morgan fingerprint density at radius 2 is 2.06 bits per heavy atom. The van der Waals surface area contributed by atoms with Gasteiger partial charge < -0.3 is 15.0 Å². The molecule has 0 aromatic carbocycles. The molecule has 2 aliphatic rings. The molecule has 2 fully saturated rings. The molecule has 0 aliphatic carbocycles. The van der Waals surface area contributed by atoms with Crippen molar-refractivity contribution in [3.8, 4) is 0 Å². The number of amides is 1. The first kappa shape index (κ1) is 13.8. The lowest BCUT2D eigenvalue weighted by Gasteiger charge is -2.30. The van der Waals surface area contributed by atoms with E-state index in [9.17, 15) is 13.2 Å². The predicted octanol–water partition coefficient (Wildman–Crippen LogP) is -0.990. The Morgan fingerprint density at radius 3 is 2.61 bits per heavy atom. The smallest absolute Gasteiger partial charge is 0.239 e. The lowest BCUT2D eigenvalue weighted by molar-refractivity contribution is -0.137. The average molecular weight is 276 g/mol. The maximum absolute atomic E-state index is 12.1. The van der Waals surface area contributed by atoms with Crippen molar-refractivity contribution in [2.24, 2.45) is 0 Å². The molecule has 18 heavy (non-hydrogen) atoms. The van der Waals surface area contributed by atoms with E-state index < -0.39 is 9.84 Å². The van der Waals surface area contributed by atoms with Gasteiger partial charge in [-0.25, -0.2) is 8.42 Å². The van der Waals surface area contributed by atoms with E-state index in [0.717, 1.165) is 0 Å². The van der Waals surface area contributed by atoms with Crippen LogP contribution in [0.2, 0.25) is 0 Å². The van der Waals surface area contributed by atoms with Gasteiger partial charge in [0.1, 0.15) is 0 Å². The van der Waals surface area contributed by atoms with Crippen molar-refractivity contribution in [3.63, 3.8) is 0 Å². The SMILES string of the molecule is CC(NC1CCS(=O)(=O)C1)C(=O)N1CCOCC1. The van der Waals surface area contributed by atoms with Crippen molar-refractivity contribution in [3.05, 3.63) is 0 Å². The summed E-state index contributed by atoms with van der Waals surface area (Å²) in [4.78, 5) is 13.9. The Morgan fingerprint density at radius 1 is 1.39 bits per heavy atom. The van der Waals surface area contributed by atoms with Crippen molar-refractivity contribution in [2.75, 3.05) is 37.8 Å². The third kappa shape index (κ3) is 3.43. The number of carbonyl (C=O) groups is 1. The second kappa shape index (κ2) is 5.54. The molecule has 7 heteroatoms. The van der Waals surface area contributed by atoms with Gasteiger partial charge in [-0.1, -0.05) is 0 Å². The number of carbonyl (C=O) groups excluding carboxylic acids is 1. The highest BCUT2D eigenvalue weighted by atomic mass is 32.2. The quantitative estimate of drug-likeness (QED) is 0.716. The highest BCUT2D eigenvalue weighted by Crippen LogP contribution is 2.12. The maximum Gasteiger partial charge on any atom is 0.239 e. The van der Waals surface area contributed by atoms with Gasteiger partial charge in [0.2, 0.25) is 5.91 Å². The molecule has 0 spiro atoms. The second-order valence-electron chi connectivity index (χ2n) is 4.93. The molecule has 0 aromatic heterocycles. The van der Waals surface area contributed by atoms with E-state index in [1.165, 1.54) is 0 Å². The Kier molecular flexibility index (Phi) is 4.24. The summed E-state index contributed by atoms with van der Waals surface area (Å²) in [6.07, 6.45) is 0.600. The highest BCUT2D eigenvalue weighted by Gasteiger charge is 2.31. The van der Waals surface area contributed by atoms with E-state index >= 15 is 0 Å². The molecule has 1 N–H and O–H groups in total. The third-order valence-electron chi connectivity index (χ3n) is 3.41. The lowest BCUT2D eigenvalue weighted by atomic mass is 10.2. The number of ether oxygens (including phenoxy) is 1. The Balaban J connectivity index is 1.84. The van der Waals surface area contributed by atoms with E-state index in [2.05, 4.69) is 5.32 Å². The number of nitrogens with zero attached hydrogens (tertiary/aromatic N) is 1. The van der Waals surface area contributed by atoms with E-state index in [1.54, 1.807) is 11.8 Å². The van der Waals surface area contributed by atoms with Gasteiger partial charge in [0.15, 0.2) is 9.84 Å². The zero-order valence-corrected chi connectivity index (χ0v) is 11.4. The molecule has 2 aliphatic heterocycles. The molecule has 2 atom stereocenters. The Hall–Kier alpha value is -0.660. The first-order valence-electron chi connectivity index (χ1n) is 6.31. The molecule has 0 bridgehead atoms. The largest absolute Gasteiger partial charge is 0.378 e. The second-order valence-corrected chi connectivity index (χ2v) is 7.15. The van der Waals surface area contributed by atoms with Crippen LogP contribution in [0.1, 0.15) is 13.3 Å². The Labute approximate surface area is 108 Å². The van der Waals surface area contributed by atoms with Gasteiger partial charge in [-0.05, 0) is 13.3 Å². The fraction of sp³-hybridized carbons (Fsp3) is 0.909. The number of sulfone groups is 1. The van der Waals surface area contributed by atoms with Gasteiger partial charge in [0, 0.05) is 19.1 Å². The van der Waals surface area contributed by atoms with Crippen LogP contribution in [0, 0.1) is 0 Å². The van der Waals surface area contributed by atoms with Crippen LogP contribution < -0.4 is 5.32 Å². The average Bonchev–Trinajstić information content (AvgIpc) is 2.68. The molecule has 6 nitrogen and oxygen atoms in total. The summed E-state index contributed by atoms with van der Waals surface area (Å²) in [6.45, 7) is 4.19. The maximum atomic E-state index is 12.1. The van der Waals surface area contributed by atoms with Gasteiger partial charge in [-0.2, -0.15) is 0 Å². The fourth-order valence-electron chi connectivity index (χ4n) is 2.41. The van der Waals surface area contributed by atoms with Crippen LogP contribution in [0.15, 0.2) is 0 Å². The fourth-order valence-corrected chi connectivity index (χ4v) is 4.10. The number of rotatable bonds is 3. The van der Waals surface area contributed by atoms with Crippen molar-refractivity contribution in [1.29, 1.82) is 0 Å². The summed E-state index contributed by atoms with van der Waals surface area (Å²) < 4.78 is 27.9. The Bertz CT molecular complexity index is 403. The van der Waals surface area contributed by atoms with Crippen LogP contribution >= 0.6 is 0 Å². The van der Waals surface area contributed by atoms with Crippen molar-refractivity contribution in [2.45, 2.75) is 25.4 Å². The van der Waals surface area contributed by atoms with E-state index in [4.69, 9.17) is 4.74 Å². The van der Waals surface area contributed by atoms with Gasteiger partial charge in [-0.15, -0.1) is 0 Å². The molecule has 0 aromatic rings. The van der Waals surface area contributed by atoms with E-state index in [-0.39, 0.29) is 29.5 Å².